The van der Waals surface area contributed by atoms with Crippen molar-refractivity contribution in [3.8, 4) is 11.1 Å². The van der Waals surface area contributed by atoms with Crippen molar-refractivity contribution < 1.29 is 24.2 Å². The fourth-order valence-electron chi connectivity index (χ4n) is 5.15. The third-order valence-corrected chi connectivity index (χ3v) is 6.72. The standard InChI is InChI=1S/C26H30N2O5/c1-16(13-24(29)30)28-25(31)18-12-6-7-17(18)14-27-26(32)33-15-23-21-10-4-2-8-19(21)20-9-3-5-11-22(20)23/h2-5,8-11,16-18,23H,6-7,12-15H2,1H3,(H,27,32)(H,28,31)(H,29,30)/t16-,17+,18+/m1/s1. The van der Waals surface area contributed by atoms with Crippen LogP contribution in [0.3, 0.4) is 0 Å². The number of alkyl carbamates (subject to hydrolysis) is 1. The van der Waals surface area contributed by atoms with Crippen molar-refractivity contribution in [3.63, 3.8) is 0 Å². The maximum atomic E-state index is 12.6. The van der Waals surface area contributed by atoms with Gasteiger partial charge in [-0.15, -0.1) is 0 Å². The minimum absolute atomic E-state index is 0.00359. The zero-order valence-electron chi connectivity index (χ0n) is 18.8. The van der Waals surface area contributed by atoms with Gasteiger partial charge in [0.15, 0.2) is 0 Å². The molecule has 2 aromatic rings. The van der Waals surface area contributed by atoms with E-state index < -0.39 is 18.1 Å². The summed E-state index contributed by atoms with van der Waals surface area (Å²) in [6.07, 6.45) is 1.89. The number of ether oxygens (including phenoxy) is 1. The molecule has 1 saturated carbocycles. The molecule has 7 nitrogen and oxygen atoms in total. The van der Waals surface area contributed by atoms with Gasteiger partial charge in [0.1, 0.15) is 6.61 Å². The first-order valence-corrected chi connectivity index (χ1v) is 11.5. The molecule has 0 spiro atoms. The van der Waals surface area contributed by atoms with Crippen LogP contribution >= 0.6 is 0 Å². The number of carboxylic acid groups (broad SMARTS) is 1. The summed E-state index contributed by atoms with van der Waals surface area (Å²) in [5.74, 6) is -1.29. The van der Waals surface area contributed by atoms with E-state index >= 15 is 0 Å². The van der Waals surface area contributed by atoms with Gasteiger partial charge in [0.05, 0.1) is 6.42 Å². The van der Waals surface area contributed by atoms with E-state index in [9.17, 15) is 14.4 Å². The molecule has 0 bridgehead atoms. The first-order chi connectivity index (χ1) is 15.9. The highest BCUT2D eigenvalue weighted by atomic mass is 16.5. The molecule has 2 aliphatic carbocycles. The van der Waals surface area contributed by atoms with Crippen LogP contribution in [0.25, 0.3) is 11.1 Å². The van der Waals surface area contributed by atoms with Crippen molar-refractivity contribution in [1.82, 2.24) is 10.6 Å². The summed E-state index contributed by atoms with van der Waals surface area (Å²) >= 11 is 0. The second kappa shape index (κ2) is 10.1. The number of carbonyl (C=O) groups is 3. The zero-order valence-corrected chi connectivity index (χ0v) is 18.8. The highest BCUT2D eigenvalue weighted by Gasteiger charge is 2.34. The second-order valence-electron chi connectivity index (χ2n) is 9.01. The lowest BCUT2D eigenvalue weighted by Gasteiger charge is -2.22. The van der Waals surface area contributed by atoms with Crippen LogP contribution in [0.5, 0.6) is 0 Å². The monoisotopic (exact) mass is 450 g/mol. The molecule has 4 rings (SSSR count). The van der Waals surface area contributed by atoms with Gasteiger partial charge in [0, 0.05) is 24.4 Å². The van der Waals surface area contributed by atoms with Crippen LogP contribution in [0, 0.1) is 11.8 Å². The van der Waals surface area contributed by atoms with Crippen LogP contribution in [0.15, 0.2) is 48.5 Å². The number of fused-ring (bicyclic) bond motifs is 3. The Balaban J connectivity index is 1.29. The van der Waals surface area contributed by atoms with Crippen LogP contribution in [-0.2, 0) is 14.3 Å². The van der Waals surface area contributed by atoms with Crippen molar-refractivity contribution in [3.05, 3.63) is 59.7 Å². The zero-order chi connectivity index (χ0) is 23.4. The molecule has 2 aliphatic rings. The molecular formula is C26H30N2O5. The lowest BCUT2D eigenvalue weighted by molar-refractivity contribution is -0.137. The van der Waals surface area contributed by atoms with Crippen LogP contribution in [0.2, 0.25) is 0 Å². The Morgan fingerprint density at radius 1 is 1.03 bits per heavy atom. The molecule has 0 saturated heterocycles. The van der Waals surface area contributed by atoms with Gasteiger partial charge in [-0.1, -0.05) is 55.0 Å². The number of carbonyl (C=O) groups excluding carboxylic acids is 2. The lowest BCUT2D eigenvalue weighted by atomic mass is 9.94. The number of hydrogen-bond acceptors (Lipinski definition) is 4. The number of aliphatic carboxylic acids is 1. The van der Waals surface area contributed by atoms with Gasteiger partial charge in [-0.05, 0) is 47.9 Å². The number of nitrogens with one attached hydrogen (secondary N) is 2. The quantitative estimate of drug-likeness (QED) is 0.565. The van der Waals surface area contributed by atoms with Crippen molar-refractivity contribution >= 4 is 18.0 Å². The van der Waals surface area contributed by atoms with Crippen molar-refractivity contribution in [2.24, 2.45) is 11.8 Å². The van der Waals surface area contributed by atoms with E-state index in [0.717, 1.165) is 30.4 Å². The minimum atomic E-state index is -0.942. The first kappa shape index (κ1) is 22.8. The maximum absolute atomic E-state index is 12.6. The molecular weight excluding hydrogens is 420 g/mol. The molecule has 2 aromatic carbocycles. The number of benzene rings is 2. The molecule has 0 aromatic heterocycles. The summed E-state index contributed by atoms with van der Waals surface area (Å²) < 4.78 is 5.59. The largest absolute Gasteiger partial charge is 0.481 e. The SMILES string of the molecule is C[C@H](CC(=O)O)NC(=O)[C@H]1CCC[C@H]1CNC(=O)OCC1c2ccccc2-c2ccccc21. The highest BCUT2D eigenvalue weighted by Crippen LogP contribution is 2.44. The predicted octanol–water partition coefficient (Wildman–Crippen LogP) is 3.92. The van der Waals surface area contributed by atoms with E-state index in [4.69, 9.17) is 9.84 Å². The van der Waals surface area contributed by atoms with Crippen LogP contribution in [-0.4, -0.2) is 42.3 Å². The van der Waals surface area contributed by atoms with E-state index in [0.29, 0.717) is 6.54 Å². The topological polar surface area (TPSA) is 105 Å². The molecule has 7 heteroatoms. The van der Waals surface area contributed by atoms with Gasteiger partial charge in [0.25, 0.3) is 0 Å². The molecule has 3 atom stereocenters. The van der Waals surface area contributed by atoms with Gasteiger partial charge in [-0.2, -0.15) is 0 Å². The Kier molecular flexibility index (Phi) is 6.96. The van der Waals surface area contributed by atoms with Gasteiger partial charge in [-0.3, -0.25) is 9.59 Å². The van der Waals surface area contributed by atoms with E-state index in [2.05, 4.69) is 34.9 Å². The molecule has 1 fully saturated rings. The van der Waals surface area contributed by atoms with Gasteiger partial charge in [0.2, 0.25) is 5.91 Å². The van der Waals surface area contributed by atoms with E-state index in [1.807, 2.05) is 24.3 Å². The van der Waals surface area contributed by atoms with Crippen LogP contribution in [0.1, 0.15) is 49.7 Å². The molecule has 0 aliphatic heterocycles. The van der Waals surface area contributed by atoms with E-state index in [-0.39, 0.29) is 36.7 Å². The van der Waals surface area contributed by atoms with Crippen molar-refractivity contribution in [1.29, 1.82) is 0 Å². The molecule has 3 N–H and O–H groups in total. The molecule has 33 heavy (non-hydrogen) atoms. The average molecular weight is 451 g/mol. The summed E-state index contributed by atoms with van der Waals surface area (Å²) in [5, 5.41) is 14.5. The number of rotatable bonds is 8. The Labute approximate surface area is 193 Å². The normalized spacial score (nSPS) is 19.9. The predicted molar refractivity (Wildman–Crippen MR) is 124 cm³/mol. The van der Waals surface area contributed by atoms with Gasteiger partial charge < -0.3 is 20.5 Å². The Bertz CT molecular complexity index is 991. The third kappa shape index (κ3) is 5.18. The number of carboxylic acids is 1. The minimum Gasteiger partial charge on any atom is -0.481 e. The molecule has 0 unspecified atom stereocenters. The average Bonchev–Trinajstić information content (AvgIpc) is 3.38. The summed E-state index contributed by atoms with van der Waals surface area (Å²) in [4.78, 5) is 35.9. The van der Waals surface area contributed by atoms with Crippen molar-refractivity contribution in [2.75, 3.05) is 13.2 Å². The lowest BCUT2D eigenvalue weighted by Crippen LogP contribution is -2.42. The van der Waals surface area contributed by atoms with Gasteiger partial charge in [-0.25, -0.2) is 4.79 Å². The summed E-state index contributed by atoms with van der Waals surface area (Å²) in [5.41, 5.74) is 4.68. The fourth-order valence-corrected chi connectivity index (χ4v) is 5.15. The number of hydrogen-bond donors (Lipinski definition) is 3. The third-order valence-electron chi connectivity index (χ3n) is 6.72. The van der Waals surface area contributed by atoms with Crippen LogP contribution in [0.4, 0.5) is 4.79 Å². The number of amides is 2. The molecule has 0 heterocycles. The Morgan fingerprint density at radius 3 is 2.30 bits per heavy atom. The van der Waals surface area contributed by atoms with Crippen LogP contribution < -0.4 is 10.6 Å². The Hall–Kier alpha value is -3.35. The summed E-state index contributed by atoms with van der Waals surface area (Å²) in [6.45, 7) is 2.30. The summed E-state index contributed by atoms with van der Waals surface area (Å²) in [7, 11) is 0. The summed E-state index contributed by atoms with van der Waals surface area (Å²) in [6, 6.07) is 16.0. The fraction of sp³-hybridized carbons (Fsp3) is 0.423. The van der Waals surface area contributed by atoms with Crippen molar-refractivity contribution in [2.45, 2.75) is 44.6 Å². The highest BCUT2D eigenvalue weighted by molar-refractivity contribution is 5.81. The Morgan fingerprint density at radius 2 is 1.67 bits per heavy atom. The maximum Gasteiger partial charge on any atom is 0.407 e. The molecule has 0 radical (unpaired) electrons. The second-order valence-corrected chi connectivity index (χ2v) is 9.01. The first-order valence-electron chi connectivity index (χ1n) is 11.5. The van der Waals surface area contributed by atoms with Gasteiger partial charge >= 0.3 is 12.1 Å². The molecule has 174 valence electrons. The molecule has 2 amide bonds. The van der Waals surface area contributed by atoms with E-state index in [1.54, 1.807) is 6.92 Å². The smallest absolute Gasteiger partial charge is 0.407 e. The van der Waals surface area contributed by atoms with E-state index in [1.165, 1.54) is 11.1 Å².